The molecule has 2 atom stereocenters. The zero-order chi connectivity index (χ0) is 19.1. The lowest BCUT2D eigenvalue weighted by molar-refractivity contribution is -0.143. The van der Waals surface area contributed by atoms with Gasteiger partial charge in [0.25, 0.3) is 5.91 Å². The zero-order valence-electron chi connectivity index (χ0n) is 15.6. The van der Waals surface area contributed by atoms with Crippen LogP contribution < -0.4 is 10.1 Å². The van der Waals surface area contributed by atoms with Gasteiger partial charge in [-0.05, 0) is 37.1 Å². The summed E-state index contributed by atoms with van der Waals surface area (Å²) in [4.78, 5) is 26.1. The molecule has 0 radical (unpaired) electrons. The van der Waals surface area contributed by atoms with Crippen molar-refractivity contribution in [3.8, 4) is 5.75 Å². The number of benzene rings is 1. The summed E-state index contributed by atoms with van der Waals surface area (Å²) in [6.45, 7) is 4.85. The van der Waals surface area contributed by atoms with Crippen molar-refractivity contribution in [3.05, 3.63) is 29.8 Å². The quantitative estimate of drug-likeness (QED) is 0.754. The van der Waals surface area contributed by atoms with E-state index in [1.165, 1.54) is 0 Å². The van der Waals surface area contributed by atoms with Crippen LogP contribution in [0, 0.1) is 5.92 Å². The maximum Gasteiger partial charge on any atom is 0.308 e. The molecule has 27 heavy (non-hydrogen) atoms. The van der Waals surface area contributed by atoms with Crippen molar-refractivity contribution in [3.63, 3.8) is 0 Å². The highest BCUT2D eigenvalue weighted by molar-refractivity contribution is 5.94. The molecule has 1 amide bonds. The van der Waals surface area contributed by atoms with Gasteiger partial charge in [-0.15, -0.1) is 0 Å². The summed E-state index contributed by atoms with van der Waals surface area (Å²) in [5.41, 5.74) is 0.519. The van der Waals surface area contributed by atoms with Gasteiger partial charge >= 0.3 is 5.97 Å². The summed E-state index contributed by atoms with van der Waals surface area (Å²) in [5, 5.41) is 12.2. The van der Waals surface area contributed by atoms with E-state index in [2.05, 4.69) is 10.2 Å². The number of morpholine rings is 1. The Morgan fingerprint density at radius 2 is 1.85 bits per heavy atom. The van der Waals surface area contributed by atoms with Crippen molar-refractivity contribution in [1.82, 2.24) is 10.2 Å². The van der Waals surface area contributed by atoms with E-state index in [0.717, 1.165) is 51.4 Å². The Bertz CT molecular complexity index is 628. The highest BCUT2D eigenvalue weighted by Gasteiger charge is 2.31. The molecule has 1 aliphatic carbocycles. The van der Waals surface area contributed by atoms with Gasteiger partial charge in [-0.1, -0.05) is 12.8 Å². The second-order valence-electron chi connectivity index (χ2n) is 7.14. The first-order valence-corrected chi connectivity index (χ1v) is 9.70. The van der Waals surface area contributed by atoms with Gasteiger partial charge < -0.3 is 19.9 Å². The first-order valence-electron chi connectivity index (χ1n) is 9.70. The Morgan fingerprint density at radius 1 is 1.15 bits per heavy atom. The second kappa shape index (κ2) is 9.71. The molecule has 2 aliphatic rings. The first kappa shape index (κ1) is 19.6. The van der Waals surface area contributed by atoms with E-state index >= 15 is 0 Å². The number of rotatable bonds is 7. The van der Waals surface area contributed by atoms with Crippen molar-refractivity contribution < 1.29 is 24.2 Å². The van der Waals surface area contributed by atoms with Gasteiger partial charge in [-0.3, -0.25) is 14.5 Å². The number of nitrogens with one attached hydrogen (secondary N) is 1. The molecule has 7 nitrogen and oxygen atoms in total. The molecule has 0 aromatic heterocycles. The Kier molecular flexibility index (Phi) is 7.06. The van der Waals surface area contributed by atoms with Crippen LogP contribution in [-0.2, 0) is 9.53 Å². The van der Waals surface area contributed by atoms with Crippen LogP contribution in [0.25, 0.3) is 0 Å². The standard InChI is InChI=1S/C20H28N2O5/c23-19(21-18-4-2-1-3-17(18)20(24)25)15-5-7-16(8-6-15)27-14-11-22-9-12-26-13-10-22/h5-8,17-18H,1-4,9-14H2,(H,21,23)(H,24,25)/t17-,18+/m1/s1. The SMILES string of the molecule is O=C(N[C@H]1CCCC[C@H]1C(=O)O)c1ccc(OCCN2CCOCC2)cc1. The summed E-state index contributed by atoms with van der Waals surface area (Å²) < 4.78 is 11.1. The Labute approximate surface area is 159 Å². The molecule has 1 saturated heterocycles. The molecule has 0 unspecified atom stereocenters. The third-order valence-corrected chi connectivity index (χ3v) is 5.30. The van der Waals surface area contributed by atoms with Crippen molar-refractivity contribution in [2.75, 3.05) is 39.5 Å². The monoisotopic (exact) mass is 376 g/mol. The highest BCUT2D eigenvalue weighted by atomic mass is 16.5. The fourth-order valence-electron chi connectivity index (χ4n) is 3.67. The molecule has 0 bridgehead atoms. The first-order chi connectivity index (χ1) is 13.1. The van der Waals surface area contributed by atoms with E-state index < -0.39 is 11.9 Å². The lowest BCUT2D eigenvalue weighted by Crippen LogP contribution is -2.45. The molecule has 2 N–H and O–H groups in total. The van der Waals surface area contributed by atoms with Crippen LogP contribution in [0.2, 0.25) is 0 Å². The zero-order valence-corrected chi connectivity index (χ0v) is 15.6. The van der Waals surface area contributed by atoms with E-state index in [1.807, 2.05) is 0 Å². The number of ether oxygens (including phenoxy) is 2. The van der Waals surface area contributed by atoms with Crippen LogP contribution in [0.1, 0.15) is 36.0 Å². The molecular formula is C20H28N2O5. The molecule has 1 aromatic carbocycles. The predicted octanol–water partition coefficient (Wildman–Crippen LogP) is 1.77. The van der Waals surface area contributed by atoms with Gasteiger partial charge in [-0.2, -0.15) is 0 Å². The summed E-state index contributed by atoms with van der Waals surface area (Å²) in [6.07, 6.45) is 3.19. The van der Waals surface area contributed by atoms with Crippen LogP contribution in [-0.4, -0.2) is 67.4 Å². The van der Waals surface area contributed by atoms with Crippen molar-refractivity contribution >= 4 is 11.9 Å². The molecule has 3 rings (SSSR count). The maximum atomic E-state index is 12.4. The number of carboxylic acid groups (broad SMARTS) is 1. The average Bonchev–Trinajstić information content (AvgIpc) is 2.69. The van der Waals surface area contributed by atoms with Crippen LogP contribution in [0.15, 0.2) is 24.3 Å². The lowest BCUT2D eigenvalue weighted by atomic mass is 9.84. The minimum Gasteiger partial charge on any atom is -0.492 e. The molecule has 7 heteroatoms. The Hall–Kier alpha value is -2.12. The molecule has 0 spiro atoms. The fourth-order valence-corrected chi connectivity index (χ4v) is 3.67. The number of nitrogens with zero attached hydrogens (tertiary/aromatic N) is 1. The molecule has 148 valence electrons. The summed E-state index contributed by atoms with van der Waals surface area (Å²) in [6, 6.07) is 6.71. The third kappa shape index (κ3) is 5.68. The third-order valence-electron chi connectivity index (χ3n) is 5.30. The smallest absolute Gasteiger partial charge is 0.308 e. The largest absolute Gasteiger partial charge is 0.492 e. The minimum absolute atomic E-state index is 0.229. The molecular weight excluding hydrogens is 348 g/mol. The van der Waals surface area contributed by atoms with Gasteiger partial charge in [-0.25, -0.2) is 0 Å². The number of carboxylic acids is 1. The molecule has 1 aliphatic heterocycles. The van der Waals surface area contributed by atoms with Crippen molar-refractivity contribution in [1.29, 1.82) is 0 Å². The number of hydrogen-bond donors (Lipinski definition) is 2. The topological polar surface area (TPSA) is 88.1 Å². The average molecular weight is 376 g/mol. The fraction of sp³-hybridized carbons (Fsp3) is 0.600. The van der Waals surface area contributed by atoms with Crippen LogP contribution in [0.3, 0.4) is 0 Å². The van der Waals surface area contributed by atoms with Crippen LogP contribution >= 0.6 is 0 Å². The highest BCUT2D eigenvalue weighted by Crippen LogP contribution is 2.25. The number of carbonyl (C=O) groups is 2. The van der Waals surface area contributed by atoms with E-state index in [4.69, 9.17) is 9.47 Å². The predicted molar refractivity (Wildman–Crippen MR) is 100 cm³/mol. The molecule has 1 saturated carbocycles. The van der Waals surface area contributed by atoms with Crippen molar-refractivity contribution in [2.24, 2.45) is 5.92 Å². The lowest BCUT2D eigenvalue weighted by Gasteiger charge is -2.29. The van der Waals surface area contributed by atoms with Gasteiger partial charge in [0.15, 0.2) is 0 Å². The van der Waals surface area contributed by atoms with Gasteiger partial charge in [0.1, 0.15) is 12.4 Å². The van der Waals surface area contributed by atoms with E-state index in [1.54, 1.807) is 24.3 Å². The number of amides is 1. The van der Waals surface area contributed by atoms with Crippen LogP contribution in [0.5, 0.6) is 5.75 Å². The van der Waals surface area contributed by atoms with E-state index in [0.29, 0.717) is 25.0 Å². The van der Waals surface area contributed by atoms with Gasteiger partial charge in [0.2, 0.25) is 0 Å². The molecule has 2 fully saturated rings. The normalized spacial score (nSPS) is 23.6. The molecule has 1 heterocycles. The summed E-state index contributed by atoms with van der Waals surface area (Å²) >= 11 is 0. The van der Waals surface area contributed by atoms with Gasteiger partial charge in [0, 0.05) is 31.2 Å². The minimum atomic E-state index is -0.830. The Balaban J connectivity index is 1.47. The number of hydrogen-bond acceptors (Lipinski definition) is 5. The number of carbonyl (C=O) groups excluding carboxylic acids is 1. The van der Waals surface area contributed by atoms with Gasteiger partial charge in [0.05, 0.1) is 19.1 Å². The van der Waals surface area contributed by atoms with Crippen molar-refractivity contribution in [2.45, 2.75) is 31.7 Å². The Morgan fingerprint density at radius 3 is 2.56 bits per heavy atom. The maximum absolute atomic E-state index is 12.4. The van der Waals surface area contributed by atoms with Crippen LogP contribution in [0.4, 0.5) is 0 Å². The molecule has 1 aromatic rings. The summed E-state index contributed by atoms with van der Waals surface area (Å²) in [5.74, 6) is -0.830. The van der Waals surface area contributed by atoms with E-state index in [9.17, 15) is 14.7 Å². The number of aliphatic carboxylic acids is 1. The van der Waals surface area contributed by atoms with E-state index in [-0.39, 0.29) is 11.9 Å². The second-order valence-corrected chi connectivity index (χ2v) is 7.14. The summed E-state index contributed by atoms with van der Waals surface area (Å²) in [7, 11) is 0.